The van der Waals surface area contributed by atoms with E-state index in [9.17, 15) is 0 Å². The van der Waals surface area contributed by atoms with Gasteiger partial charge in [0.15, 0.2) is 0 Å². The molecule has 1 rings (SSSR count). The summed E-state index contributed by atoms with van der Waals surface area (Å²) in [5.41, 5.74) is 1.46. The molecule has 0 aromatic heterocycles. The Bertz CT molecular complexity index is 308. The van der Waals surface area contributed by atoms with Crippen LogP contribution in [-0.2, 0) is 0 Å². The minimum absolute atomic E-state index is 0.623. The summed E-state index contributed by atoms with van der Waals surface area (Å²) in [6.07, 6.45) is 1.23. The number of nitrogens with one attached hydrogen (secondary N) is 1. The van der Waals surface area contributed by atoms with E-state index in [1.54, 1.807) is 0 Å². The monoisotopic (exact) mass is 248 g/mol. The molecule has 0 heterocycles. The topological polar surface area (TPSA) is 15.3 Å². The number of hydrogen-bond acceptors (Lipinski definition) is 2. The van der Waals surface area contributed by atoms with Crippen LogP contribution in [-0.4, -0.2) is 38.6 Å². The van der Waals surface area contributed by atoms with Gasteiger partial charge in [0.05, 0.1) is 0 Å². The molecule has 1 aromatic carbocycles. The third kappa shape index (κ3) is 5.19. The molecule has 2 unspecified atom stereocenters. The second-order valence-electron chi connectivity index (χ2n) is 5.41. The molecule has 0 saturated heterocycles. The fourth-order valence-electron chi connectivity index (χ4n) is 2.19. The van der Waals surface area contributed by atoms with E-state index in [1.807, 2.05) is 0 Å². The van der Waals surface area contributed by atoms with Crippen molar-refractivity contribution in [2.24, 2.45) is 5.92 Å². The molecule has 0 aliphatic heterocycles. The maximum atomic E-state index is 3.59. The fourth-order valence-corrected chi connectivity index (χ4v) is 2.19. The van der Waals surface area contributed by atoms with Gasteiger partial charge in [0.25, 0.3) is 0 Å². The van der Waals surface area contributed by atoms with Gasteiger partial charge in [0, 0.05) is 19.6 Å². The Labute approximate surface area is 112 Å². The lowest BCUT2D eigenvalue weighted by Crippen LogP contribution is -2.31. The zero-order valence-corrected chi connectivity index (χ0v) is 12.3. The van der Waals surface area contributed by atoms with Crippen LogP contribution in [0.3, 0.4) is 0 Å². The molecule has 2 nitrogen and oxygen atoms in total. The van der Waals surface area contributed by atoms with Crippen LogP contribution in [0.25, 0.3) is 0 Å². The van der Waals surface area contributed by atoms with Gasteiger partial charge >= 0.3 is 0 Å². The van der Waals surface area contributed by atoms with Crippen molar-refractivity contribution in [1.82, 2.24) is 10.2 Å². The van der Waals surface area contributed by atoms with Gasteiger partial charge in [-0.3, -0.25) is 0 Å². The van der Waals surface area contributed by atoms with Crippen LogP contribution in [0, 0.1) is 5.92 Å². The summed E-state index contributed by atoms with van der Waals surface area (Å²) in [7, 11) is 4.23. The van der Waals surface area contributed by atoms with E-state index >= 15 is 0 Å². The highest BCUT2D eigenvalue weighted by molar-refractivity contribution is 5.20. The van der Waals surface area contributed by atoms with Gasteiger partial charge in [-0.2, -0.15) is 0 Å². The van der Waals surface area contributed by atoms with Gasteiger partial charge in [-0.05, 0) is 31.5 Å². The Morgan fingerprint density at radius 3 is 2.39 bits per heavy atom. The third-order valence-electron chi connectivity index (χ3n) is 3.66. The SMILES string of the molecule is CCC(C)C(CNCCN(C)C)c1ccccc1. The quantitative estimate of drug-likeness (QED) is 0.712. The van der Waals surface area contributed by atoms with Crippen LogP contribution in [0.15, 0.2) is 30.3 Å². The van der Waals surface area contributed by atoms with Gasteiger partial charge in [-0.1, -0.05) is 50.6 Å². The summed E-state index contributed by atoms with van der Waals surface area (Å²) in [5, 5.41) is 3.59. The smallest absolute Gasteiger partial charge is 0.0101 e. The van der Waals surface area contributed by atoms with Crippen molar-refractivity contribution in [3.05, 3.63) is 35.9 Å². The first-order chi connectivity index (χ1) is 8.65. The van der Waals surface area contributed by atoms with E-state index in [4.69, 9.17) is 0 Å². The average Bonchev–Trinajstić information content (AvgIpc) is 2.38. The molecule has 0 radical (unpaired) electrons. The molecule has 2 atom stereocenters. The van der Waals surface area contributed by atoms with Crippen molar-refractivity contribution in [1.29, 1.82) is 0 Å². The van der Waals surface area contributed by atoms with E-state index in [2.05, 4.69) is 68.5 Å². The predicted octanol–water partition coefficient (Wildman–Crippen LogP) is 2.97. The molecule has 18 heavy (non-hydrogen) atoms. The first-order valence-electron chi connectivity index (χ1n) is 7.05. The number of hydrogen-bond donors (Lipinski definition) is 1. The summed E-state index contributed by atoms with van der Waals surface area (Å²) < 4.78 is 0. The van der Waals surface area contributed by atoms with Crippen LogP contribution in [0.1, 0.15) is 31.7 Å². The van der Waals surface area contributed by atoms with E-state index < -0.39 is 0 Å². The van der Waals surface area contributed by atoms with Crippen LogP contribution in [0.2, 0.25) is 0 Å². The number of rotatable bonds is 8. The van der Waals surface area contributed by atoms with E-state index in [0.29, 0.717) is 5.92 Å². The maximum absolute atomic E-state index is 3.59. The molecule has 0 fully saturated rings. The summed E-state index contributed by atoms with van der Waals surface area (Å²) in [5.74, 6) is 1.35. The number of likely N-dealkylation sites (N-methyl/N-ethyl adjacent to an activating group) is 1. The van der Waals surface area contributed by atoms with Crippen LogP contribution in [0.5, 0.6) is 0 Å². The standard InChI is InChI=1S/C16H28N2/c1-5-14(2)16(13-17-11-12-18(3)4)15-9-7-6-8-10-15/h6-10,14,16-17H,5,11-13H2,1-4H3. The van der Waals surface area contributed by atoms with Crippen molar-refractivity contribution in [3.8, 4) is 0 Å². The van der Waals surface area contributed by atoms with Gasteiger partial charge in [0.1, 0.15) is 0 Å². The molecule has 0 aliphatic carbocycles. The number of benzene rings is 1. The van der Waals surface area contributed by atoms with Gasteiger partial charge in [0.2, 0.25) is 0 Å². The Kier molecular flexibility index (Phi) is 6.99. The first kappa shape index (κ1) is 15.2. The molecular weight excluding hydrogens is 220 g/mol. The fraction of sp³-hybridized carbons (Fsp3) is 0.625. The van der Waals surface area contributed by atoms with Crippen molar-refractivity contribution in [2.75, 3.05) is 33.7 Å². The minimum atomic E-state index is 0.623. The van der Waals surface area contributed by atoms with Crippen LogP contribution in [0.4, 0.5) is 0 Å². The molecule has 0 bridgehead atoms. The summed E-state index contributed by atoms with van der Waals surface area (Å²) in [6.45, 7) is 7.87. The zero-order chi connectivity index (χ0) is 13.4. The van der Waals surface area contributed by atoms with Crippen LogP contribution >= 0.6 is 0 Å². The summed E-state index contributed by atoms with van der Waals surface area (Å²) >= 11 is 0. The van der Waals surface area contributed by atoms with Gasteiger partial charge in [-0.15, -0.1) is 0 Å². The molecule has 0 spiro atoms. The third-order valence-corrected chi connectivity index (χ3v) is 3.66. The van der Waals surface area contributed by atoms with Gasteiger partial charge in [-0.25, -0.2) is 0 Å². The Morgan fingerprint density at radius 2 is 1.83 bits per heavy atom. The first-order valence-corrected chi connectivity index (χ1v) is 7.05. The van der Waals surface area contributed by atoms with E-state index in [-0.39, 0.29) is 0 Å². The van der Waals surface area contributed by atoms with Crippen molar-refractivity contribution in [3.63, 3.8) is 0 Å². The largest absolute Gasteiger partial charge is 0.315 e. The zero-order valence-electron chi connectivity index (χ0n) is 12.3. The Morgan fingerprint density at radius 1 is 1.17 bits per heavy atom. The van der Waals surface area contributed by atoms with Crippen molar-refractivity contribution in [2.45, 2.75) is 26.2 Å². The lowest BCUT2D eigenvalue weighted by atomic mass is 9.85. The highest BCUT2D eigenvalue weighted by Gasteiger charge is 2.17. The number of nitrogens with zero attached hydrogens (tertiary/aromatic N) is 1. The highest BCUT2D eigenvalue weighted by Crippen LogP contribution is 2.25. The molecule has 1 aromatic rings. The summed E-state index contributed by atoms with van der Waals surface area (Å²) in [4.78, 5) is 2.22. The second-order valence-corrected chi connectivity index (χ2v) is 5.41. The lowest BCUT2D eigenvalue weighted by molar-refractivity contribution is 0.376. The van der Waals surface area contributed by atoms with E-state index in [0.717, 1.165) is 25.6 Å². The van der Waals surface area contributed by atoms with E-state index in [1.165, 1.54) is 12.0 Å². The molecule has 0 amide bonds. The normalized spacial score (nSPS) is 14.7. The molecule has 102 valence electrons. The molecule has 2 heteroatoms. The summed E-state index contributed by atoms with van der Waals surface area (Å²) in [6, 6.07) is 10.9. The average molecular weight is 248 g/mol. The Balaban J connectivity index is 2.52. The Hall–Kier alpha value is -0.860. The highest BCUT2D eigenvalue weighted by atomic mass is 15.1. The van der Waals surface area contributed by atoms with Gasteiger partial charge < -0.3 is 10.2 Å². The second kappa shape index (κ2) is 8.28. The molecule has 0 saturated carbocycles. The maximum Gasteiger partial charge on any atom is 0.0101 e. The van der Waals surface area contributed by atoms with Crippen molar-refractivity contribution >= 4 is 0 Å². The van der Waals surface area contributed by atoms with Crippen molar-refractivity contribution < 1.29 is 0 Å². The van der Waals surface area contributed by atoms with Crippen LogP contribution < -0.4 is 5.32 Å². The minimum Gasteiger partial charge on any atom is -0.315 e. The predicted molar refractivity (Wildman–Crippen MR) is 80.1 cm³/mol. The molecule has 1 N–H and O–H groups in total. The molecule has 0 aliphatic rings. The lowest BCUT2D eigenvalue weighted by Gasteiger charge is -2.24. The molecular formula is C16H28N2.